The number of hydrogen-bond acceptors (Lipinski definition) is 5. The molecule has 1 aliphatic rings. The molecule has 0 radical (unpaired) electrons. The molecule has 0 atom stereocenters. The van der Waals surface area contributed by atoms with Crippen LogP contribution in [-0.4, -0.2) is 22.5 Å². The molecule has 18 heavy (non-hydrogen) atoms. The van der Waals surface area contributed by atoms with Crippen molar-refractivity contribution in [2.45, 2.75) is 32.8 Å². The van der Waals surface area contributed by atoms with Gasteiger partial charge in [0.05, 0.1) is 6.42 Å². The van der Waals surface area contributed by atoms with Crippen LogP contribution >= 0.6 is 0 Å². The van der Waals surface area contributed by atoms with E-state index in [0.29, 0.717) is 0 Å². The van der Waals surface area contributed by atoms with Crippen molar-refractivity contribution in [3.05, 3.63) is 17.7 Å². The van der Waals surface area contributed by atoms with E-state index in [4.69, 9.17) is 9.47 Å². The number of benzene rings is 1. The molecule has 1 aromatic carbocycles. The maximum Gasteiger partial charge on any atom is 0.308 e. The summed E-state index contributed by atoms with van der Waals surface area (Å²) in [7, 11) is 0. The normalized spacial score (nSPS) is 16.7. The van der Waals surface area contributed by atoms with Crippen LogP contribution in [0.4, 0.5) is 0 Å². The van der Waals surface area contributed by atoms with E-state index in [1.807, 2.05) is 0 Å². The lowest BCUT2D eigenvalue weighted by Crippen LogP contribution is -2.36. The summed E-state index contributed by atoms with van der Waals surface area (Å²) < 4.78 is 10.6. The Labute approximate surface area is 104 Å². The van der Waals surface area contributed by atoms with Crippen LogP contribution in [0, 0.1) is 0 Å². The Morgan fingerprint density at radius 1 is 1.44 bits per heavy atom. The third-order valence-corrected chi connectivity index (χ3v) is 2.56. The predicted octanol–water partition coefficient (Wildman–Crippen LogP) is 2.06. The van der Waals surface area contributed by atoms with Crippen LogP contribution in [-0.2, 0) is 4.79 Å². The minimum absolute atomic E-state index is 0.0398. The van der Waals surface area contributed by atoms with Gasteiger partial charge in [-0.3, -0.25) is 9.59 Å². The average molecular weight is 250 g/mol. The van der Waals surface area contributed by atoms with Crippen LogP contribution in [0.15, 0.2) is 12.1 Å². The number of ether oxygens (including phenoxy) is 2. The summed E-state index contributed by atoms with van der Waals surface area (Å²) in [5.41, 5.74) is -0.423. The van der Waals surface area contributed by atoms with Crippen molar-refractivity contribution in [2.75, 3.05) is 0 Å². The number of Topliss-reactive ketones (excluding diaryl/α,β-unsaturated/α-hetero) is 1. The number of aromatic hydroxyl groups is 1. The second-order valence-electron chi connectivity index (χ2n) is 4.87. The van der Waals surface area contributed by atoms with Crippen LogP contribution in [0.25, 0.3) is 0 Å². The number of hydrogen-bond donors (Lipinski definition) is 1. The zero-order valence-electron chi connectivity index (χ0n) is 10.4. The first-order valence-corrected chi connectivity index (χ1v) is 5.56. The van der Waals surface area contributed by atoms with Crippen molar-refractivity contribution in [1.29, 1.82) is 0 Å². The van der Waals surface area contributed by atoms with Crippen molar-refractivity contribution >= 4 is 11.8 Å². The van der Waals surface area contributed by atoms with E-state index >= 15 is 0 Å². The monoisotopic (exact) mass is 250 g/mol. The highest BCUT2D eigenvalue weighted by molar-refractivity contribution is 6.03. The van der Waals surface area contributed by atoms with E-state index in [1.165, 1.54) is 19.1 Å². The Kier molecular flexibility index (Phi) is 2.77. The summed E-state index contributed by atoms with van der Waals surface area (Å²) in [6, 6.07) is 2.58. The fourth-order valence-corrected chi connectivity index (χ4v) is 1.98. The average Bonchev–Trinajstić information content (AvgIpc) is 2.11. The molecular formula is C13H14O5. The molecule has 0 amide bonds. The molecule has 5 nitrogen and oxygen atoms in total. The quantitative estimate of drug-likeness (QED) is 0.610. The molecule has 0 fully saturated rings. The Hall–Kier alpha value is -2.04. The zero-order valence-corrected chi connectivity index (χ0v) is 10.4. The molecule has 0 spiro atoms. The molecular weight excluding hydrogens is 236 g/mol. The van der Waals surface area contributed by atoms with Gasteiger partial charge in [-0.15, -0.1) is 0 Å². The summed E-state index contributed by atoms with van der Waals surface area (Å²) in [6.45, 7) is 4.79. The van der Waals surface area contributed by atoms with Crippen LogP contribution < -0.4 is 9.47 Å². The number of fused-ring (bicyclic) bond motifs is 1. The highest BCUT2D eigenvalue weighted by Crippen LogP contribution is 2.41. The van der Waals surface area contributed by atoms with Crippen molar-refractivity contribution in [3.63, 3.8) is 0 Å². The molecule has 0 aromatic heterocycles. The number of phenols is 1. The largest absolute Gasteiger partial charge is 0.508 e. The van der Waals surface area contributed by atoms with Crippen LogP contribution in [0.3, 0.4) is 0 Å². The second kappa shape index (κ2) is 4.01. The Morgan fingerprint density at radius 3 is 2.72 bits per heavy atom. The lowest BCUT2D eigenvalue weighted by atomic mass is 9.92. The first kappa shape index (κ1) is 12.4. The molecule has 0 unspecified atom stereocenters. The molecule has 2 rings (SSSR count). The molecule has 1 N–H and O–H groups in total. The molecule has 0 bridgehead atoms. The van der Waals surface area contributed by atoms with E-state index in [2.05, 4.69) is 0 Å². The first-order chi connectivity index (χ1) is 8.28. The lowest BCUT2D eigenvalue weighted by molar-refractivity contribution is -0.131. The lowest BCUT2D eigenvalue weighted by Gasteiger charge is -2.32. The van der Waals surface area contributed by atoms with Gasteiger partial charge >= 0.3 is 5.97 Å². The van der Waals surface area contributed by atoms with Gasteiger partial charge in [0, 0.05) is 19.1 Å². The highest BCUT2D eigenvalue weighted by Gasteiger charge is 2.35. The van der Waals surface area contributed by atoms with Gasteiger partial charge < -0.3 is 14.6 Å². The summed E-state index contributed by atoms with van der Waals surface area (Å²) >= 11 is 0. The third kappa shape index (κ3) is 2.30. The molecule has 0 aliphatic carbocycles. The molecule has 5 heteroatoms. The fourth-order valence-electron chi connectivity index (χ4n) is 1.98. The van der Waals surface area contributed by atoms with Gasteiger partial charge in [-0.1, -0.05) is 0 Å². The zero-order chi connectivity index (χ0) is 13.5. The van der Waals surface area contributed by atoms with Gasteiger partial charge in [0.2, 0.25) is 0 Å². The number of ketones is 1. The van der Waals surface area contributed by atoms with Crippen molar-refractivity contribution in [3.8, 4) is 17.2 Å². The van der Waals surface area contributed by atoms with Gasteiger partial charge in [-0.2, -0.15) is 0 Å². The summed E-state index contributed by atoms with van der Waals surface area (Å²) in [4.78, 5) is 23.1. The van der Waals surface area contributed by atoms with Crippen LogP contribution in [0.1, 0.15) is 37.6 Å². The molecule has 1 aromatic rings. The van der Waals surface area contributed by atoms with Gasteiger partial charge in [0.25, 0.3) is 0 Å². The molecule has 96 valence electrons. The molecule has 0 saturated heterocycles. The Morgan fingerprint density at radius 2 is 2.11 bits per heavy atom. The van der Waals surface area contributed by atoms with Gasteiger partial charge in [0.15, 0.2) is 5.78 Å². The summed E-state index contributed by atoms with van der Waals surface area (Å²) in [6.07, 6.45) is 0.193. The van der Waals surface area contributed by atoms with E-state index < -0.39 is 11.6 Å². The number of phenolic OH excluding ortho intramolecular Hbond substituents is 1. The van der Waals surface area contributed by atoms with Crippen LogP contribution in [0.5, 0.6) is 17.2 Å². The number of rotatable bonds is 1. The molecule has 0 saturated carbocycles. The molecule has 1 aliphatic heterocycles. The fraction of sp³-hybridized carbons (Fsp3) is 0.385. The SMILES string of the molecule is CC(=O)Oc1cc(O)cc2c1C(=O)CC(C)(C)O2. The summed E-state index contributed by atoms with van der Waals surface area (Å²) in [5, 5.41) is 9.56. The number of esters is 1. The minimum atomic E-state index is -0.634. The maximum atomic E-state index is 12.1. The first-order valence-electron chi connectivity index (χ1n) is 5.56. The summed E-state index contributed by atoms with van der Waals surface area (Å²) in [5.74, 6) is -0.557. The van der Waals surface area contributed by atoms with Gasteiger partial charge in [0.1, 0.15) is 28.4 Å². The minimum Gasteiger partial charge on any atom is -0.508 e. The second-order valence-corrected chi connectivity index (χ2v) is 4.87. The topological polar surface area (TPSA) is 72.8 Å². The number of carbonyl (C=O) groups is 2. The third-order valence-electron chi connectivity index (χ3n) is 2.56. The maximum absolute atomic E-state index is 12.1. The van der Waals surface area contributed by atoms with Crippen molar-refractivity contribution in [2.24, 2.45) is 0 Å². The predicted molar refractivity (Wildman–Crippen MR) is 63.1 cm³/mol. The van der Waals surface area contributed by atoms with Crippen molar-refractivity contribution in [1.82, 2.24) is 0 Å². The number of carbonyl (C=O) groups excluding carboxylic acids is 2. The highest BCUT2D eigenvalue weighted by atomic mass is 16.5. The smallest absolute Gasteiger partial charge is 0.308 e. The van der Waals surface area contributed by atoms with E-state index in [9.17, 15) is 14.7 Å². The van der Waals surface area contributed by atoms with Gasteiger partial charge in [-0.05, 0) is 13.8 Å². The van der Waals surface area contributed by atoms with E-state index in [0.717, 1.165) is 0 Å². The van der Waals surface area contributed by atoms with Crippen LogP contribution in [0.2, 0.25) is 0 Å². The van der Waals surface area contributed by atoms with Crippen molar-refractivity contribution < 1.29 is 24.2 Å². The Balaban J connectivity index is 2.56. The van der Waals surface area contributed by atoms with E-state index in [1.54, 1.807) is 13.8 Å². The van der Waals surface area contributed by atoms with E-state index in [-0.39, 0.29) is 35.0 Å². The standard InChI is InChI=1S/C13H14O5/c1-7(14)17-10-4-8(15)5-11-12(10)9(16)6-13(2,3)18-11/h4-5,15H,6H2,1-3H3. The Bertz CT molecular complexity index is 530. The molecule has 1 heterocycles. The van der Waals surface area contributed by atoms with Gasteiger partial charge in [-0.25, -0.2) is 0 Å².